The fourth-order valence-electron chi connectivity index (χ4n) is 1.12. The van der Waals surface area contributed by atoms with Crippen molar-refractivity contribution in [2.45, 2.75) is 12.3 Å². The molecule has 0 aromatic carbocycles. The van der Waals surface area contributed by atoms with Crippen LogP contribution in [0.15, 0.2) is 3.79 Å². The van der Waals surface area contributed by atoms with Gasteiger partial charge in [-0.3, -0.25) is 4.79 Å². The van der Waals surface area contributed by atoms with Crippen LogP contribution in [0.5, 0.6) is 0 Å². The molecule has 0 aliphatic heterocycles. The van der Waals surface area contributed by atoms with Gasteiger partial charge in [-0.15, -0.1) is 11.3 Å². The number of ether oxygens (including phenoxy) is 1. The highest BCUT2D eigenvalue weighted by atomic mass is 79.9. The molecule has 0 saturated carbocycles. The molecule has 4 nitrogen and oxygen atoms in total. The number of amides is 1. The molecule has 0 atom stereocenters. The second kappa shape index (κ2) is 5.79. The minimum absolute atomic E-state index is 0.222. The van der Waals surface area contributed by atoms with Crippen molar-refractivity contribution >= 4 is 60.1 Å². The first-order chi connectivity index (χ1) is 7.51. The second-order valence-electron chi connectivity index (χ2n) is 2.86. The molecule has 7 heteroatoms. The first-order valence-corrected chi connectivity index (χ1v) is 6.97. The van der Waals surface area contributed by atoms with E-state index in [0.717, 1.165) is 9.35 Å². The van der Waals surface area contributed by atoms with Crippen LogP contribution in [0.1, 0.15) is 22.8 Å². The SMILES string of the molecule is COC(=O)c1c(NC(C)=O)sc(Br)c1CBr. The smallest absolute Gasteiger partial charge is 0.341 e. The van der Waals surface area contributed by atoms with Gasteiger partial charge in [-0.25, -0.2) is 4.79 Å². The molecule has 16 heavy (non-hydrogen) atoms. The summed E-state index contributed by atoms with van der Waals surface area (Å²) in [6, 6.07) is 0. The molecule has 1 aromatic heterocycles. The third-order valence-electron chi connectivity index (χ3n) is 1.77. The molecule has 1 rings (SSSR count). The van der Waals surface area contributed by atoms with Gasteiger partial charge < -0.3 is 10.1 Å². The maximum absolute atomic E-state index is 11.6. The molecule has 0 saturated heterocycles. The van der Waals surface area contributed by atoms with Crippen LogP contribution >= 0.6 is 43.2 Å². The summed E-state index contributed by atoms with van der Waals surface area (Å²) < 4.78 is 5.49. The quantitative estimate of drug-likeness (QED) is 0.656. The van der Waals surface area contributed by atoms with E-state index in [1.165, 1.54) is 25.4 Å². The topological polar surface area (TPSA) is 55.4 Å². The van der Waals surface area contributed by atoms with Crippen molar-refractivity contribution in [1.82, 2.24) is 0 Å². The zero-order valence-electron chi connectivity index (χ0n) is 8.60. The summed E-state index contributed by atoms with van der Waals surface area (Å²) in [5, 5.41) is 3.62. The monoisotopic (exact) mass is 369 g/mol. The van der Waals surface area contributed by atoms with Crippen molar-refractivity contribution in [2.75, 3.05) is 12.4 Å². The van der Waals surface area contributed by atoms with Crippen molar-refractivity contribution in [2.24, 2.45) is 0 Å². The molecule has 88 valence electrons. The Morgan fingerprint density at radius 1 is 1.50 bits per heavy atom. The average molecular weight is 371 g/mol. The lowest BCUT2D eigenvalue weighted by Crippen LogP contribution is -2.10. The van der Waals surface area contributed by atoms with Gasteiger partial charge in [-0.1, -0.05) is 15.9 Å². The molecular weight excluding hydrogens is 362 g/mol. The Bertz CT molecular complexity index is 431. The average Bonchev–Trinajstić information content (AvgIpc) is 2.52. The molecule has 0 radical (unpaired) electrons. The van der Waals surface area contributed by atoms with E-state index in [1.807, 2.05) is 0 Å². The molecular formula is C9H9Br2NO3S. The molecule has 1 amide bonds. The van der Waals surface area contributed by atoms with Gasteiger partial charge in [0.05, 0.1) is 16.5 Å². The Morgan fingerprint density at radius 2 is 2.12 bits per heavy atom. The van der Waals surface area contributed by atoms with E-state index in [2.05, 4.69) is 41.9 Å². The number of methoxy groups -OCH3 is 1. The molecule has 1 heterocycles. The largest absolute Gasteiger partial charge is 0.465 e. The van der Waals surface area contributed by atoms with Crippen LogP contribution in [-0.2, 0) is 14.9 Å². The highest BCUT2D eigenvalue weighted by molar-refractivity contribution is 9.11. The number of thiophene rings is 1. The molecule has 0 aliphatic carbocycles. The summed E-state index contributed by atoms with van der Waals surface area (Å²) in [5.74, 6) is -0.680. The van der Waals surface area contributed by atoms with Crippen LogP contribution in [-0.4, -0.2) is 19.0 Å². The number of rotatable bonds is 3. The summed E-state index contributed by atoms with van der Waals surface area (Å²) >= 11 is 7.93. The minimum Gasteiger partial charge on any atom is -0.465 e. The lowest BCUT2D eigenvalue weighted by molar-refractivity contribution is -0.114. The van der Waals surface area contributed by atoms with Crippen molar-refractivity contribution < 1.29 is 14.3 Å². The maximum Gasteiger partial charge on any atom is 0.341 e. The summed E-state index contributed by atoms with van der Waals surface area (Å²) in [5.41, 5.74) is 1.17. The summed E-state index contributed by atoms with van der Waals surface area (Å²) in [6.07, 6.45) is 0. The van der Waals surface area contributed by atoms with E-state index >= 15 is 0 Å². The lowest BCUT2D eigenvalue weighted by Gasteiger charge is -2.04. The van der Waals surface area contributed by atoms with Gasteiger partial charge in [0.15, 0.2) is 0 Å². The van der Waals surface area contributed by atoms with E-state index in [0.29, 0.717) is 15.9 Å². The van der Waals surface area contributed by atoms with Crippen LogP contribution in [0.3, 0.4) is 0 Å². The van der Waals surface area contributed by atoms with Crippen molar-refractivity contribution in [1.29, 1.82) is 0 Å². The van der Waals surface area contributed by atoms with Gasteiger partial charge in [-0.2, -0.15) is 0 Å². The van der Waals surface area contributed by atoms with Crippen LogP contribution in [0.25, 0.3) is 0 Å². The van der Waals surface area contributed by atoms with E-state index in [9.17, 15) is 9.59 Å². The molecule has 0 aliphatic rings. The van der Waals surface area contributed by atoms with E-state index in [1.54, 1.807) is 0 Å². The number of carbonyl (C=O) groups excluding carboxylic acids is 2. The molecule has 0 fully saturated rings. The van der Waals surface area contributed by atoms with Crippen LogP contribution in [0.2, 0.25) is 0 Å². The predicted octanol–water partition coefficient (Wildman–Crippen LogP) is 3.15. The fraction of sp³-hybridized carbons (Fsp3) is 0.333. The normalized spacial score (nSPS) is 10.0. The summed E-state index contributed by atoms with van der Waals surface area (Å²) in [6.45, 7) is 1.39. The van der Waals surface area contributed by atoms with Crippen molar-refractivity contribution in [3.8, 4) is 0 Å². The van der Waals surface area contributed by atoms with Gasteiger partial charge in [-0.05, 0) is 15.9 Å². The Labute approximate surface area is 114 Å². The van der Waals surface area contributed by atoms with E-state index < -0.39 is 5.97 Å². The molecule has 1 N–H and O–H groups in total. The number of hydrogen-bond acceptors (Lipinski definition) is 4. The third kappa shape index (κ3) is 2.83. The zero-order chi connectivity index (χ0) is 12.3. The maximum atomic E-state index is 11.6. The number of nitrogens with one attached hydrogen (secondary N) is 1. The number of hydrogen-bond donors (Lipinski definition) is 1. The highest BCUT2D eigenvalue weighted by Crippen LogP contribution is 2.38. The van der Waals surface area contributed by atoms with Gasteiger partial charge in [0, 0.05) is 17.8 Å². The van der Waals surface area contributed by atoms with Crippen LogP contribution in [0.4, 0.5) is 5.00 Å². The number of esters is 1. The Hall–Kier alpha value is -0.400. The van der Waals surface area contributed by atoms with E-state index in [-0.39, 0.29) is 5.91 Å². The third-order valence-corrected chi connectivity index (χ3v) is 4.23. The zero-order valence-corrected chi connectivity index (χ0v) is 12.6. The fourth-order valence-corrected chi connectivity index (χ4v) is 4.05. The number of carbonyl (C=O) groups is 2. The van der Waals surface area contributed by atoms with E-state index in [4.69, 9.17) is 0 Å². The Balaban J connectivity index is 3.26. The number of alkyl halides is 1. The van der Waals surface area contributed by atoms with Gasteiger partial charge in [0.1, 0.15) is 5.00 Å². The first kappa shape index (κ1) is 13.7. The number of halogens is 2. The summed E-state index contributed by atoms with van der Waals surface area (Å²) in [7, 11) is 1.31. The van der Waals surface area contributed by atoms with Gasteiger partial charge in [0.25, 0.3) is 0 Å². The second-order valence-corrected chi connectivity index (χ2v) is 5.76. The molecule has 0 unspecified atom stereocenters. The Morgan fingerprint density at radius 3 is 2.56 bits per heavy atom. The van der Waals surface area contributed by atoms with Gasteiger partial charge in [0.2, 0.25) is 5.91 Å². The summed E-state index contributed by atoms with van der Waals surface area (Å²) in [4.78, 5) is 22.6. The van der Waals surface area contributed by atoms with Crippen molar-refractivity contribution in [3.05, 3.63) is 14.9 Å². The predicted molar refractivity (Wildman–Crippen MR) is 70.3 cm³/mol. The molecule has 1 aromatic rings. The standard InChI is InChI=1S/C9H9Br2NO3S/c1-4(13)12-8-6(9(14)15-2)5(3-10)7(11)16-8/h3H2,1-2H3,(H,12,13). The minimum atomic E-state index is -0.458. The van der Waals surface area contributed by atoms with Gasteiger partial charge >= 0.3 is 5.97 Å². The van der Waals surface area contributed by atoms with Crippen molar-refractivity contribution in [3.63, 3.8) is 0 Å². The lowest BCUT2D eigenvalue weighted by atomic mass is 10.2. The van der Waals surface area contributed by atoms with Crippen LogP contribution in [0, 0.1) is 0 Å². The molecule has 0 spiro atoms. The highest BCUT2D eigenvalue weighted by Gasteiger charge is 2.23. The Kier molecular flexibility index (Phi) is 4.94. The van der Waals surface area contributed by atoms with Crippen LogP contribution < -0.4 is 5.32 Å². The first-order valence-electron chi connectivity index (χ1n) is 4.24. The molecule has 0 bridgehead atoms. The number of anilines is 1.